The van der Waals surface area contributed by atoms with Gasteiger partial charge in [0.1, 0.15) is 16.8 Å². The molecule has 4 aromatic heterocycles. The highest BCUT2D eigenvalue weighted by molar-refractivity contribution is 7.26. The summed E-state index contributed by atoms with van der Waals surface area (Å²) in [6.45, 7) is 3.71. The lowest BCUT2D eigenvalue weighted by Gasteiger charge is -2.34. The van der Waals surface area contributed by atoms with Gasteiger partial charge in [0.2, 0.25) is 0 Å². The number of anilines is 1. The molecule has 4 unspecified atom stereocenters. The summed E-state index contributed by atoms with van der Waals surface area (Å²) >= 11 is 8.43. The van der Waals surface area contributed by atoms with Gasteiger partial charge >= 0.3 is 6.01 Å². The summed E-state index contributed by atoms with van der Waals surface area (Å²) in [6, 6.07) is 12.1. The molecule has 9 nitrogen and oxygen atoms in total. The van der Waals surface area contributed by atoms with Crippen LogP contribution in [0, 0.1) is 0 Å². The van der Waals surface area contributed by atoms with Gasteiger partial charge in [-0.2, -0.15) is 15.1 Å². The minimum Gasteiger partial charge on any atom is -0.467 e. The molecule has 2 bridgehead atoms. The van der Waals surface area contributed by atoms with Crippen molar-refractivity contribution in [1.82, 2.24) is 35.4 Å². The van der Waals surface area contributed by atoms with E-state index in [0.29, 0.717) is 35.7 Å². The Morgan fingerprint density at radius 1 is 1.04 bits per heavy atom. The second-order valence-electron chi connectivity index (χ2n) is 12.9. The van der Waals surface area contributed by atoms with Crippen molar-refractivity contribution in [1.29, 1.82) is 0 Å². The van der Waals surface area contributed by atoms with Crippen molar-refractivity contribution in [2.24, 2.45) is 0 Å². The molecule has 46 heavy (non-hydrogen) atoms. The van der Waals surface area contributed by atoms with Gasteiger partial charge in [-0.05, 0) is 62.2 Å². The Balaban J connectivity index is 0.000000279. The zero-order valence-electron chi connectivity index (χ0n) is 25.5. The van der Waals surface area contributed by atoms with Crippen molar-refractivity contribution < 1.29 is 9.13 Å². The van der Waals surface area contributed by atoms with Crippen LogP contribution in [0.25, 0.3) is 53.2 Å². The molecule has 236 valence electrons. The third kappa shape index (κ3) is 4.70. The monoisotopic (exact) mass is 656 g/mol. The van der Waals surface area contributed by atoms with Crippen LogP contribution in [0.3, 0.4) is 0 Å². The predicted octanol–water partition coefficient (Wildman–Crippen LogP) is 6.73. The van der Waals surface area contributed by atoms with Crippen LogP contribution in [-0.2, 0) is 0 Å². The summed E-state index contributed by atoms with van der Waals surface area (Å²) in [5.41, 5.74) is 2.80. The normalized spacial score (nSPS) is 24.3. The molecule has 0 spiro atoms. The maximum atomic E-state index is 12.6. The molecule has 4 aliphatic heterocycles. The van der Waals surface area contributed by atoms with Crippen molar-refractivity contribution >= 4 is 70.7 Å². The fraction of sp³-hybridized carbons (Fsp3) is 0.412. The van der Waals surface area contributed by atoms with Crippen LogP contribution in [-0.4, -0.2) is 87.6 Å². The molecule has 2 N–H and O–H groups in total. The van der Waals surface area contributed by atoms with Gasteiger partial charge < -0.3 is 15.0 Å². The largest absolute Gasteiger partial charge is 0.467 e. The molecule has 6 aromatic rings. The Labute approximate surface area is 274 Å². The third-order valence-electron chi connectivity index (χ3n) is 10.1. The highest BCUT2D eigenvalue weighted by atomic mass is 35.5. The number of alkyl halides is 1. The Hall–Kier alpha value is -3.64. The second kappa shape index (κ2) is 11.3. The van der Waals surface area contributed by atoms with E-state index in [-0.39, 0.29) is 0 Å². The average molecular weight is 657 g/mol. The number of fused-ring (bicyclic) bond motifs is 8. The fourth-order valence-corrected chi connectivity index (χ4v) is 9.55. The molecule has 0 radical (unpaired) electrons. The lowest BCUT2D eigenvalue weighted by Crippen LogP contribution is -2.51. The van der Waals surface area contributed by atoms with Gasteiger partial charge in [-0.15, -0.1) is 11.3 Å². The Morgan fingerprint density at radius 2 is 1.91 bits per heavy atom. The molecule has 0 aliphatic carbocycles. The Morgan fingerprint density at radius 3 is 2.74 bits per heavy atom. The first kappa shape index (κ1) is 28.6. The number of aromatic nitrogens is 5. The minimum atomic E-state index is -0.518. The van der Waals surface area contributed by atoms with Crippen molar-refractivity contribution in [3.8, 4) is 17.3 Å². The molecule has 0 amide bonds. The number of thiophene rings is 1. The van der Waals surface area contributed by atoms with Gasteiger partial charge in [-0.25, -0.2) is 4.39 Å². The van der Waals surface area contributed by atoms with E-state index < -0.39 is 6.17 Å². The number of nitrogens with one attached hydrogen (secondary N) is 2. The Bertz CT molecular complexity index is 2090. The first-order chi connectivity index (χ1) is 22.5. The molecule has 4 saturated heterocycles. The number of ether oxygens (including phenoxy) is 1. The quantitative estimate of drug-likeness (QED) is 0.217. The topological polar surface area (TPSA) is 95.1 Å². The Kier molecular flexibility index (Phi) is 6.99. The van der Waals surface area contributed by atoms with Crippen molar-refractivity contribution in [3.63, 3.8) is 0 Å². The lowest BCUT2D eigenvalue weighted by atomic mass is 9.97. The van der Waals surface area contributed by atoms with Crippen LogP contribution in [0.5, 0.6) is 6.01 Å². The second-order valence-corrected chi connectivity index (χ2v) is 14.3. The summed E-state index contributed by atoms with van der Waals surface area (Å²) in [6.07, 6.45) is 8.95. The van der Waals surface area contributed by atoms with Gasteiger partial charge in [0.25, 0.3) is 0 Å². The number of rotatable bonds is 3. The van der Waals surface area contributed by atoms with Gasteiger partial charge in [-0.1, -0.05) is 23.7 Å². The van der Waals surface area contributed by atoms with E-state index >= 15 is 0 Å². The van der Waals surface area contributed by atoms with Gasteiger partial charge in [-0.3, -0.25) is 15.0 Å². The molecule has 12 heteroatoms. The lowest BCUT2D eigenvalue weighted by molar-refractivity contribution is 0.292. The minimum absolute atomic E-state index is 0.389. The van der Waals surface area contributed by atoms with Crippen LogP contribution in [0.4, 0.5) is 10.2 Å². The standard InChI is InChI=1S/C27H22ClN7OS.C7H12FN/c1-36-27-32-25(35-11-14-5-6-15(12-35)31-14)22-16-7-8-29-23(24(16)37-26(22)33-27)21-17-10-30-34-19(17)9-13-3-2-4-18(28)20(13)21;8-6-4-7-2-1-3-9(7)5-6/h2-4,7-10,14-15,31H,5-6,11-12H2,1H3,(H,30,34);6-7H,1-5H2. The summed E-state index contributed by atoms with van der Waals surface area (Å²) in [7, 11) is 1.63. The van der Waals surface area contributed by atoms with Gasteiger partial charge in [0, 0.05) is 70.7 Å². The number of piperazine rings is 1. The molecule has 0 saturated carbocycles. The van der Waals surface area contributed by atoms with E-state index in [9.17, 15) is 4.39 Å². The number of pyridine rings is 1. The van der Waals surface area contributed by atoms with Crippen molar-refractivity contribution in [2.75, 3.05) is 38.2 Å². The van der Waals surface area contributed by atoms with E-state index in [4.69, 9.17) is 31.3 Å². The van der Waals surface area contributed by atoms with Crippen molar-refractivity contribution in [3.05, 3.63) is 47.7 Å². The predicted molar refractivity (Wildman–Crippen MR) is 183 cm³/mol. The maximum absolute atomic E-state index is 12.6. The van der Waals surface area contributed by atoms with E-state index in [1.807, 2.05) is 24.5 Å². The highest BCUT2D eigenvalue weighted by Gasteiger charge is 2.35. The number of nitrogens with zero attached hydrogens (tertiary/aromatic N) is 6. The van der Waals surface area contributed by atoms with E-state index in [1.165, 1.54) is 25.7 Å². The molecular weight excluding hydrogens is 623 g/mol. The van der Waals surface area contributed by atoms with Crippen molar-refractivity contribution in [2.45, 2.75) is 56.4 Å². The number of aromatic amines is 1. The van der Waals surface area contributed by atoms with E-state index in [1.54, 1.807) is 18.4 Å². The zero-order valence-corrected chi connectivity index (χ0v) is 27.0. The summed E-state index contributed by atoms with van der Waals surface area (Å²) in [5.74, 6) is 0.938. The average Bonchev–Trinajstić information content (AvgIpc) is 3.89. The molecule has 4 atom stereocenters. The zero-order chi connectivity index (χ0) is 30.9. The molecule has 2 aromatic carbocycles. The van der Waals surface area contributed by atoms with Gasteiger partial charge in [0.05, 0.1) is 34.6 Å². The SMILES string of the molecule is COc1nc(N2CC3CCC(C2)N3)c2c(n1)sc1c(-c3c4cn[nH]c4cc4cccc(Cl)c34)nccc12.FC1CC2CCCN2C1. The van der Waals surface area contributed by atoms with Crippen LogP contribution in [0.1, 0.15) is 32.1 Å². The molecule has 4 fully saturated rings. The number of hydrogen-bond acceptors (Lipinski definition) is 9. The number of benzene rings is 2. The smallest absolute Gasteiger partial charge is 0.319 e. The summed E-state index contributed by atoms with van der Waals surface area (Å²) in [4.78, 5) is 20.2. The molecule has 4 aliphatic rings. The molecule has 8 heterocycles. The number of H-pyrrole nitrogens is 1. The molecule has 10 rings (SSSR count). The van der Waals surface area contributed by atoms with Crippen LogP contribution < -0.4 is 15.0 Å². The van der Waals surface area contributed by atoms with Crippen LogP contribution in [0.2, 0.25) is 5.02 Å². The van der Waals surface area contributed by atoms with E-state index in [0.717, 1.165) is 85.1 Å². The summed E-state index contributed by atoms with van der Waals surface area (Å²) < 4.78 is 19.2. The first-order valence-corrected chi connectivity index (χ1v) is 17.3. The van der Waals surface area contributed by atoms with Crippen LogP contribution >= 0.6 is 22.9 Å². The van der Waals surface area contributed by atoms with Crippen LogP contribution in [0.15, 0.2) is 42.7 Å². The number of halogens is 2. The summed E-state index contributed by atoms with van der Waals surface area (Å²) in [5, 5.41) is 17.0. The first-order valence-electron chi connectivity index (χ1n) is 16.1. The third-order valence-corrected chi connectivity index (χ3v) is 11.6. The highest BCUT2D eigenvalue weighted by Crippen LogP contribution is 2.46. The number of methoxy groups -OCH3 is 1. The fourth-order valence-electron chi connectivity index (χ4n) is 8.13. The van der Waals surface area contributed by atoms with Gasteiger partial charge in [0.15, 0.2) is 0 Å². The molecular formula is C34H34ClFN8OS. The maximum Gasteiger partial charge on any atom is 0.319 e. The number of hydrogen-bond donors (Lipinski definition) is 2. The van der Waals surface area contributed by atoms with E-state index in [2.05, 4.69) is 43.5 Å².